The van der Waals surface area contributed by atoms with Gasteiger partial charge in [-0.05, 0) is 13.0 Å². The van der Waals surface area contributed by atoms with E-state index in [9.17, 15) is 14.4 Å². The van der Waals surface area contributed by atoms with Gasteiger partial charge in [0, 0.05) is 25.7 Å². The summed E-state index contributed by atoms with van der Waals surface area (Å²) < 4.78 is 4.14. The van der Waals surface area contributed by atoms with Gasteiger partial charge >= 0.3 is 5.69 Å². The number of carbonyl (C=O) groups excluding carboxylic acids is 1. The van der Waals surface area contributed by atoms with Crippen LogP contribution in [0.25, 0.3) is 16.7 Å². The fourth-order valence-corrected chi connectivity index (χ4v) is 2.80. The van der Waals surface area contributed by atoms with Crippen molar-refractivity contribution in [1.82, 2.24) is 14.1 Å². The van der Waals surface area contributed by atoms with Crippen molar-refractivity contribution in [2.24, 2.45) is 14.1 Å². The Morgan fingerprint density at radius 3 is 2.46 bits per heavy atom. The molecule has 3 heterocycles. The Hall–Kier alpha value is -3.03. The first-order valence-electron chi connectivity index (χ1n) is 7.37. The first-order chi connectivity index (χ1) is 11.2. The summed E-state index contributed by atoms with van der Waals surface area (Å²) >= 11 is 0. The molecule has 0 spiro atoms. The number of aryl methyl sites for hydroxylation is 1. The van der Waals surface area contributed by atoms with Gasteiger partial charge in [-0.3, -0.25) is 23.6 Å². The number of aromatic nitrogens is 4. The number of hydrogen-bond acceptors (Lipinski definition) is 5. The molecule has 3 aromatic heterocycles. The van der Waals surface area contributed by atoms with E-state index in [4.69, 9.17) is 0 Å². The van der Waals surface area contributed by atoms with E-state index in [0.29, 0.717) is 22.4 Å². The van der Waals surface area contributed by atoms with E-state index in [1.165, 1.54) is 18.5 Å². The predicted octanol–water partition coefficient (Wildman–Crippen LogP) is -0.360. The van der Waals surface area contributed by atoms with Gasteiger partial charge in [-0.25, -0.2) is 9.20 Å². The Labute approximate surface area is 137 Å². The minimum Gasteiger partial charge on any atom is -0.297 e. The average Bonchev–Trinajstić information content (AvgIpc) is 2.55. The van der Waals surface area contributed by atoms with Crippen LogP contribution in [0.2, 0.25) is 0 Å². The summed E-state index contributed by atoms with van der Waals surface area (Å²) in [6, 6.07) is 3.33. The SMILES string of the molecule is CC(=O)c1cc[n+]2c(N(C)C)c3c(=O)n(C)c(=O)n(C)c3nc2c1. The molecular weight excluding hydrogens is 310 g/mol. The molecule has 3 rings (SSSR count). The van der Waals surface area contributed by atoms with Crippen LogP contribution >= 0.6 is 0 Å². The zero-order valence-corrected chi connectivity index (χ0v) is 14.2. The van der Waals surface area contributed by atoms with Gasteiger partial charge < -0.3 is 0 Å². The molecule has 0 unspecified atom stereocenters. The second-order valence-electron chi connectivity index (χ2n) is 5.93. The Balaban J connectivity index is 2.66. The zero-order valence-electron chi connectivity index (χ0n) is 14.2. The summed E-state index contributed by atoms with van der Waals surface area (Å²) in [5.41, 5.74) is 0.432. The molecule has 0 aromatic carbocycles. The topological polar surface area (TPSA) is 81.3 Å². The molecule has 124 valence electrons. The first kappa shape index (κ1) is 15.9. The third-order valence-electron chi connectivity index (χ3n) is 4.07. The summed E-state index contributed by atoms with van der Waals surface area (Å²) in [5.74, 6) is 0.518. The summed E-state index contributed by atoms with van der Waals surface area (Å²) in [6.07, 6.45) is 1.71. The highest BCUT2D eigenvalue weighted by atomic mass is 16.2. The van der Waals surface area contributed by atoms with E-state index in [1.54, 1.807) is 34.7 Å². The van der Waals surface area contributed by atoms with Crippen molar-refractivity contribution in [2.45, 2.75) is 6.92 Å². The lowest BCUT2D eigenvalue weighted by molar-refractivity contribution is -0.499. The van der Waals surface area contributed by atoms with Crippen LogP contribution in [0.3, 0.4) is 0 Å². The van der Waals surface area contributed by atoms with Crippen molar-refractivity contribution >= 4 is 28.3 Å². The quantitative estimate of drug-likeness (QED) is 0.364. The average molecular weight is 328 g/mol. The highest BCUT2D eigenvalue weighted by Crippen LogP contribution is 2.17. The van der Waals surface area contributed by atoms with Crippen molar-refractivity contribution < 1.29 is 9.20 Å². The van der Waals surface area contributed by atoms with E-state index >= 15 is 0 Å². The van der Waals surface area contributed by atoms with Crippen LogP contribution in [0.4, 0.5) is 5.82 Å². The molecule has 0 atom stereocenters. The second kappa shape index (κ2) is 5.26. The van der Waals surface area contributed by atoms with Gasteiger partial charge in [0.05, 0.1) is 20.3 Å². The number of anilines is 1. The number of ketones is 1. The molecule has 0 aliphatic rings. The summed E-state index contributed by atoms with van der Waals surface area (Å²) in [5, 5.41) is 0.345. The fourth-order valence-electron chi connectivity index (χ4n) is 2.80. The molecule has 0 saturated carbocycles. The van der Waals surface area contributed by atoms with Gasteiger partial charge in [0.1, 0.15) is 0 Å². The molecule has 0 amide bonds. The van der Waals surface area contributed by atoms with Crippen LogP contribution in [-0.2, 0) is 14.1 Å². The highest BCUT2D eigenvalue weighted by Gasteiger charge is 2.24. The minimum atomic E-state index is -0.447. The normalized spacial score (nSPS) is 11.2. The largest absolute Gasteiger partial charge is 0.333 e. The first-order valence-corrected chi connectivity index (χ1v) is 7.37. The van der Waals surface area contributed by atoms with E-state index in [-0.39, 0.29) is 11.4 Å². The van der Waals surface area contributed by atoms with E-state index < -0.39 is 11.2 Å². The van der Waals surface area contributed by atoms with Gasteiger partial charge in [-0.1, -0.05) is 4.98 Å². The van der Waals surface area contributed by atoms with Gasteiger partial charge in [-0.2, -0.15) is 0 Å². The molecule has 3 aromatic rings. The third-order valence-corrected chi connectivity index (χ3v) is 4.07. The number of nitrogens with zero attached hydrogens (tertiary/aromatic N) is 5. The van der Waals surface area contributed by atoms with E-state index in [0.717, 1.165) is 4.57 Å². The van der Waals surface area contributed by atoms with Crippen LogP contribution in [0, 0.1) is 0 Å². The summed E-state index contributed by atoms with van der Waals surface area (Å²) in [4.78, 5) is 42.8. The van der Waals surface area contributed by atoms with Gasteiger partial charge in [0.15, 0.2) is 11.2 Å². The Bertz CT molecular complexity index is 1120. The lowest BCUT2D eigenvalue weighted by Gasteiger charge is -2.13. The fraction of sp³-hybridized carbons (Fsp3) is 0.312. The Morgan fingerprint density at radius 2 is 1.88 bits per heavy atom. The van der Waals surface area contributed by atoms with Crippen LogP contribution in [0.1, 0.15) is 17.3 Å². The van der Waals surface area contributed by atoms with E-state index in [2.05, 4.69) is 4.98 Å². The maximum absolute atomic E-state index is 12.7. The number of carbonyl (C=O) groups is 1. The Kier molecular flexibility index (Phi) is 3.47. The predicted molar refractivity (Wildman–Crippen MR) is 89.7 cm³/mol. The molecule has 0 N–H and O–H groups in total. The zero-order chi connectivity index (χ0) is 17.8. The van der Waals surface area contributed by atoms with Crippen LogP contribution in [-0.4, -0.2) is 34.0 Å². The van der Waals surface area contributed by atoms with Crippen LogP contribution in [0.15, 0.2) is 27.9 Å². The molecular formula is C16H18N5O3+. The highest BCUT2D eigenvalue weighted by molar-refractivity contribution is 5.95. The molecule has 0 bridgehead atoms. The number of hydrogen-bond donors (Lipinski definition) is 0. The monoisotopic (exact) mass is 328 g/mol. The third kappa shape index (κ3) is 2.10. The standard InChI is InChI=1S/C16H18N5O3/c1-9(22)10-6-7-21-11(8-10)17-13-12(14(21)18(2)3)15(23)20(5)16(24)19(13)4/h6-8H,1-5H3/q+1. The molecule has 0 fully saturated rings. The molecule has 0 aliphatic heterocycles. The molecule has 0 aliphatic carbocycles. The van der Waals surface area contributed by atoms with Gasteiger partial charge in [0.2, 0.25) is 11.5 Å². The number of pyridine rings is 1. The van der Waals surface area contributed by atoms with Crippen molar-refractivity contribution in [3.8, 4) is 0 Å². The lowest BCUT2D eigenvalue weighted by Crippen LogP contribution is -2.41. The molecule has 0 saturated heterocycles. The maximum Gasteiger partial charge on any atom is 0.333 e. The lowest BCUT2D eigenvalue weighted by atomic mass is 10.2. The van der Waals surface area contributed by atoms with Crippen molar-refractivity contribution in [3.05, 3.63) is 44.7 Å². The minimum absolute atomic E-state index is 0.0799. The van der Waals surface area contributed by atoms with Gasteiger partial charge in [-0.15, -0.1) is 0 Å². The molecule has 24 heavy (non-hydrogen) atoms. The summed E-state index contributed by atoms with van der Waals surface area (Å²) in [7, 11) is 6.63. The number of fused-ring (bicyclic) bond motifs is 2. The smallest absolute Gasteiger partial charge is 0.297 e. The molecule has 0 radical (unpaired) electrons. The molecule has 8 heteroatoms. The summed E-state index contributed by atoms with van der Waals surface area (Å²) in [6.45, 7) is 1.48. The molecule has 8 nitrogen and oxygen atoms in total. The van der Waals surface area contributed by atoms with Crippen LogP contribution in [0.5, 0.6) is 0 Å². The van der Waals surface area contributed by atoms with Crippen molar-refractivity contribution in [3.63, 3.8) is 0 Å². The number of rotatable bonds is 2. The second-order valence-corrected chi connectivity index (χ2v) is 5.93. The van der Waals surface area contributed by atoms with E-state index in [1.807, 2.05) is 14.1 Å². The maximum atomic E-state index is 12.7. The van der Waals surface area contributed by atoms with Crippen LogP contribution < -0.4 is 20.5 Å². The van der Waals surface area contributed by atoms with Crippen molar-refractivity contribution in [2.75, 3.05) is 19.0 Å². The van der Waals surface area contributed by atoms with Crippen molar-refractivity contribution in [1.29, 1.82) is 0 Å². The Morgan fingerprint density at radius 1 is 1.21 bits per heavy atom. The van der Waals surface area contributed by atoms with Gasteiger partial charge in [0.25, 0.3) is 11.2 Å². The number of Topliss-reactive ketones (excluding diaryl/α,β-unsaturated/α-hetero) is 1.